The highest BCUT2D eigenvalue weighted by Gasteiger charge is 2.28. The van der Waals surface area contributed by atoms with Gasteiger partial charge in [-0.3, -0.25) is 4.79 Å². The van der Waals surface area contributed by atoms with Gasteiger partial charge in [-0.25, -0.2) is 0 Å². The molecule has 1 atom stereocenters. The van der Waals surface area contributed by atoms with Crippen molar-refractivity contribution in [1.82, 2.24) is 4.57 Å². The third-order valence-electron chi connectivity index (χ3n) is 3.47. The molecule has 1 saturated heterocycles. The summed E-state index contributed by atoms with van der Waals surface area (Å²) in [7, 11) is 2.01. The maximum atomic E-state index is 11.8. The first kappa shape index (κ1) is 10.4. The van der Waals surface area contributed by atoms with E-state index in [0.717, 1.165) is 18.4 Å². The third-order valence-corrected chi connectivity index (χ3v) is 3.47. The van der Waals surface area contributed by atoms with Crippen LogP contribution in [0.1, 0.15) is 24.3 Å². The number of aromatic nitrogens is 1. The molecule has 3 nitrogen and oxygen atoms in total. The molecule has 1 unspecified atom stereocenters. The maximum Gasteiger partial charge on any atom is 0.313 e. The molecule has 2 heterocycles. The first-order chi connectivity index (χ1) is 8.27. The highest BCUT2D eigenvalue weighted by molar-refractivity contribution is 5.90. The van der Waals surface area contributed by atoms with Gasteiger partial charge in [0.2, 0.25) is 0 Å². The van der Waals surface area contributed by atoms with Gasteiger partial charge < -0.3 is 9.30 Å². The molecule has 1 aromatic heterocycles. The van der Waals surface area contributed by atoms with Crippen LogP contribution in [0.5, 0.6) is 0 Å². The van der Waals surface area contributed by atoms with Crippen molar-refractivity contribution in [3.8, 4) is 0 Å². The molecular weight excluding hydrogens is 214 g/mol. The zero-order valence-electron chi connectivity index (χ0n) is 9.85. The Morgan fingerprint density at radius 2 is 2.18 bits per heavy atom. The first-order valence-corrected chi connectivity index (χ1v) is 5.98. The molecule has 0 bridgehead atoms. The molecule has 0 N–H and O–H groups in total. The Bertz CT molecular complexity index is 571. The van der Waals surface area contributed by atoms with E-state index >= 15 is 0 Å². The van der Waals surface area contributed by atoms with Gasteiger partial charge in [-0.15, -0.1) is 0 Å². The summed E-state index contributed by atoms with van der Waals surface area (Å²) >= 11 is 0. The summed E-state index contributed by atoms with van der Waals surface area (Å²) in [5, 5.41) is 1.17. The number of carbonyl (C=O) groups excluding carboxylic acids is 1. The number of para-hydroxylation sites is 1. The van der Waals surface area contributed by atoms with Crippen LogP contribution in [0.2, 0.25) is 0 Å². The van der Waals surface area contributed by atoms with Gasteiger partial charge >= 0.3 is 5.97 Å². The fraction of sp³-hybridized carbons (Fsp3) is 0.357. The Kier molecular flexibility index (Phi) is 2.39. The van der Waals surface area contributed by atoms with Crippen LogP contribution < -0.4 is 0 Å². The highest BCUT2D eigenvalue weighted by Crippen LogP contribution is 2.32. The van der Waals surface area contributed by atoms with E-state index in [1.165, 1.54) is 10.9 Å². The lowest BCUT2D eigenvalue weighted by Gasteiger charge is -2.20. The van der Waals surface area contributed by atoms with Gasteiger partial charge in [0.15, 0.2) is 0 Å². The van der Waals surface area contributed by atoms with Crippen molar-refractivity contribution in [3.63, 3.8) is 0 Å². The Labute approximate surface area is 100.0 Å². The summed E-state index contributed by atoms with van der Waals surface area (Å²) in [5.74, 6) is -0.164. The quantitative estimate of drug-likeness (QED) is 0.704. The summed E-state index contributed by atoms with van der Waals surface area (Å²) in [6.07, 6.45) is 3.91. The molecule has 1 fully saturated rings. The fourth-order valence-corrected chi connectivity index (χ4v) is 2.61. The topological polar surface area (TPSA) is 31.2 Å². The Hall–Kier alpha value is -1.77. The Morgan fingerprint density at radius 3 is 3.00 bits per heavy atom. The zero-order valence-corrected chi connectivity index (χ0v) is 9.85. The largest absolute Gasteiger partial charge is 0.465 e. The van der Waals surface area contributed by atoms with Crippen molar-refractivity contribution in [2.24, 2.45) is 7.05 Å². The predicted octanol–water partition coefficient (Wildman–Crippen LogP) is 2.60. The minimum Gasteiger partial charge on any atom is -0.465 e. The number of rotatable bonds is 1. The monoisotopic (exact) mass is 229 g/mol. The van der Waals surface area contributed by atoms with Crippen LogP contribution in [0, 0.1) is 0 Å². The molecular formula is C14H15NO2. The second-order valence-electron chi connectivity index (χ2n) is 4.57. The molecule has 1 aromatic carbocycles. The fourth-order valence-electron chi connectivity index (χ4n) is 2.61. The highest BCUT2D eigenvalue weighted by atomic mass is 16.5. The van der Waals surface area contributed by atoms with Gasteiger partial charge in [-0.05, 0) is 24.5 Å². The number of cyclic esters (lactones) is 1. The summed E-state index contributed by atoms with van der Waals surface area (Å²) in [4.78, 5) is 11.8. The number of nitrogens with zero attached hydrogens (tertiary/aromatic N) is 1. The zero-order chi connectivity index (χ0) is 11.8. The number of hydrogen-bond acceptors (Lipinski definition) is 2. The van der Waals surface area contributed by atoms with Crippen molar-refractivity contribution in [2.75, 3.05) is 6.61 Å². The van der Waals surface area contributed by atoms with E-state index in [9.17, 15) is 4.79 Å². The van der Waals surface area contributed by atoms with E-state index in [0.29, 0.717) is 6.61 Å². The van der Waals surface area contributed by atoms with Crippen LogP contribution in [0.3, 0.4) is 0 Å². The maximum absolute atomic E-state index is 11.8. The van der Waals surface area contributed by atoms with Crippen LogP contribution in [-0.4, -0.2) is 17.1 Å². The molecule has 0 spiro atoms. The molecule has 1 aliphatic rings. The Morgan fingerprint density at radius 1 is 1.35 bits per heavy atom. The molecule has 3 heteroatoms. The molecule has 17 heavy (non-hydrogen) atoms. The minimum absolute atomic E-state index is 0.0763. The smallest absolute Gasteiger partial charge is 0.313 e. The lowest BCUT2D eigenvalue weighted by atomic mass is 9.92. The lowest BCUT2D eigenvalue weighted by molar-refractivity contribution is -0.149. The van der Waals surface area contributed by atoms with Crippen molar-refractivity contribution in [1.29, 1.82) is 0 Å². The number of carbonyl (C=O) groups is 1. The van der Waals surface area contributed by atoms with Crippen LogP contribution in [0.15, 0.2) is 30.5 Å². The van der Waals surface area contributed by atoms with Crippen LogP contribution in [0.4, 0.5) is 0 Å². The van der Waals surface area contributed by atoms with Crippen LogP contribution >= 0.6 is 0 Å². The van der Waals surface area contributed by atoms with Crippen molar-refractivity contribution in [3.05, 3.63) is 36.0 Å². The van der Waals surface area contributed by atoms with E-state index in [4.69, 9.17) is 4.74 Å². The molecule has 0 aliphatic carbocycles. The van der Waals surface area contributed by atoms with Gasteiger partial charge in [0.05, 0.1) is 12.5 Å². The standard InChI is InChI=1S/C14H15NO2/c1-15-9-12(10-5-2-3-7-13(10)15)11-6-4-8-17-14(11)16/h2-3,5,7,9,11H,4,6,8H2,1H3. The molecule has 0 saturated carbocycles. The minimum atomic E-state index is -0.0881. The SMILES string of the molecule is Cn1cc(C2CCCOC2=O)c2ccccc21. The third kappa shape index (κ3) is 1.62. The van der Waals surface area contributed by atoms with Crippen LogP contribution in [0.25, 0.3) is 10.9 Å². The molecule has 3 rings (SSSR count). The second-order valence-corrected chi connectivity index (χ2v) is 4.57. The van der Waals surface area contributed by atoms with Gasteiger partial charge in [0.25, 0.3) is 0 Å². The van der Waals surface area contributed by atoms with Gasteiger partial charge in [0.1, 0.15) is 0 Å². The number of benzene rings is 1. The normalized spacial score (nSPS) is 20.5. The molecule has 2 aromatic rings. The molecule has 88 valence electrons. The number of aryl methyl sites for hydroxylation is 1. The summed E-state index contributed by atoms with van der Waals surface area (Å²) in [5.41, 5.74) is 2.27. The first-order valence-electron chi connectivity index (χ1n) is 5.98. The Balaban J connectivity index is 2.13. The summed E-state index contributed by atoms with van der Waals surface area (Å²) in [6.45, 7) is 0.570. The number of ether oxygens (including phenoxy) is 1. The lowest BCUT2D eigenvalue weighted by Crippen LogP contribution is -2.22. The average Bonchev–Trinajstić information content (AvgIpc) is 2.68. The van der Waals surface area contributed by atoms with E-state index in [1.54, 1.807) is 0 Å². The summed E-state index contributed by atoms with van der Waals surface area (Å²) < 4.78 is 7.23. The second kappa shape index (κ2) is 3.91. The number of fused-ring (bicyclic) bond motifs is 1. The average molecular weight is 229 g/mol. The van der Waals surface area contributed by atoms with E-state index in [-0.39, 0.29) is 11.9 Å². The predicted molar refractivity (Wildman–Crippen MR) is 65.9 cm³/mol. The van der Waals surface area contributed by atoms with Gasteiger partial charge in [0, 0.05) is 24.1 Å². The molecule has 0 radical (unpaired) electrons. The number of hydrogen-bond donors (Lipinski definition) is 0. The van der Waals surface area contributed by atoms with E-state index in [1.807, 2.05) is 19.2 Å². The van der Waals surface area contributed by atoms with Crippen molar-refractivity contribution < 1.29 is 9.53 Å². The molecule has 0 amide bonds. The van der Waals surface area contributed by atoms with Crippen LogP contribution in [-0.2, 0) is 16.6 Å². The van der Waals surface area contributed by atoms with Gasteiger partial charge in [-0.2, -0.15) is 0 Å². The van der Waals surface area contributed by atoms with Crippen molar-refractivity contribution >= 4 is 16.9 Å². The van der Waals surface area contributed by atoms with E-state index < -0.39 is 0 Å². The summed E-state index contributed by atoms with van der Waals surface area (Å²) in [6, 6.07) is 8.19. The van der Waals surface area contributed by atoms with E-state index in [2.05, 4.69) is 22.9 Å². The molecule has 1 aliphatic heterocycles. The van der Waals surface area contributed by atoms with Crippen molar-refractivity contribution in [2.45, 2.75) is 18.8 Å². The van der Waals surface area contributed by atoms with Gasteiger partial charge in [-0.1, -0.05) is 18.2 Å². The number of esters is 1.